The average molecular weight is 262 g/mol. The molecule has 1 heterocycles. The second-order valence-electron chi connectivity index (χ2n) is 4.94. The van der Waals surface area contributed by atoms with Crippen LogP contribution >= 0.6 is 0 Å². The van der Waals surface area contributed by atoms with E-state index < -0.39 is 0 Å². The quantitative estimate of drug-likeness (QED) is 0.656. The molecular formula is C16H26N2O. The fraction of sp³-hybridized carbons (Fsp3) is 0.625. The fourth-order valence-corrected chi connectivity index (χ4v) is 2.03. The van der Waals surface area contributed by atoms with E-state index in [0.717, 1.165) is 18.5 Å². The van der Waals surface area contributed by atoms with Crippen LogP contribution in [0.4, 0.5) is 0 Å². The maximum atomic E-state index is 11.6. The lowest BCUT2D eigenvalue weighted by Gasteiger charge is -2.05. The average Bonchev–Trinajstić information content (AvgIpc) is 2.44. The summed E-state index contributed by atoms with van der Waals surface area (Å²) in [6, 6.07) is 5.86. The molecule has 1 N–H and O–H groups in total. The maximum absolute atomic E-state index is 11.6. The summed E-state index contributed by atoms with van der Waals surface area (Å²) in [5, 5.41) is 2.95. The lowest BCUT2D eigenvalue weighted by Crippen LogP contribution is -2.25. The van der Waals surface area contributed by atoms with Crippen molar-refractivity contribution in [2.24, 2.45) is 0 Å². The number of amides is 1. The smallest absolute Gasteiger partial charge is 0.220 e. The van der Waals surface area contributed by atoms with Crippen molar-refractivity contribution in [2.45, 2.75) is 58.3 Å². The van der Waals surface area contributed by atoms with Gasteiger partial charge in [0.2, 0.25) is 5.91 Å². The summed E-state index contributed by atoms with van der Waals surface area (Å²) in [4.78, 5) is 15.8. The molecule has 0 fully saturated rings. The van der Waals surface area contributed by atoms with Gasteiger partial charge < -0.3 is 5.32 Å². The van der Waals surface area contributed by atoms with Gasteiger partial charge in [-0.25, -0.2) is 0 Å². The SMILES string of the molecule is CCCCCCCCC(=O)NCCc1ccccn1. The summed E-state index contributed by atoms with van der Waals surface area (Å²) < 4.78 is 0. The Hall–Kier alpha value is -1.38. The van der Waals surface area contributed by atoms with Crippen molar-refractivity contribution < 1.29 is 4.79 Å². The van der Waals surface area contributed by atoms with Crippen molar-refractivity contribution in [1.82, 2.24) is 10.3 Å². The molecule has 1 aromatic heterocycles. The summed E-state index contributed by atoms with van der Waals surface area (Å²) in [6.07, 6.45) is 10.6. The van der Waals surface area contributed by atoms with Gasteiger partial charge in [-0.05, 0) is 18.6 Å². The summed E-state index contributed by atoms with van der Waals surface area (Å²) in [5.74, 6) is 0.173. The molecule has 1 amide bonds. The first-order valence-electron chi connectivity index (χ1n) is 7.49. The number of hydrogen-bond acceptors (Lipinski definition) is 2. The van der Waals surface area contributed by atoms with Crippen LogP contribution < -0.4 is 5.32 Å². The van der Waals surface area contributed by atoms with Crippen molar-refractivity contribution in [2.75, 3.05) is 6.54 Å². The molecule has 106 valence electrons. The van der Waals surface area contributed by atoms with Crippen LogP contribution in [0.3, 0.4) is 0 Å². The summed E-state index contributed by atoms with van der Waals surface area (Å²) in [5.41, 5.74) is 1.03. The Balaban J connectivity index is 1.96. The summed E-state index contributed by atoms with van der Waals surface area (Å²) >= 11 is 0. The number of rotatable bonds is 10. The minimum Gasteiger partial charge on any atom is -0.356 e. The molecule has 0 saturated heterocycles. The van der Waals surface area contributed by atoms with Gasteiger partial charge in [0.05, 0.1) is 0 Å². The summed E-state index contributed by atoms with van der Waals surface area (Å²) in [6.45, 7) is 2.90. The Morgan fingerprint density at radius 2 is 1.95 bits per heavy atom. The predicted molar refractivity (Wildman–Crippen MR) is 78.9 cm³/mol. The second kappa shape index (κ2) is 10.5. The molecule has 3 heteroatoms. The van der Waals surface area contributed by atoms with Gasteiger partial charge in [0.25, 0.3) is 0 Å². The third-order valence-electron chi connectivity index (χ3n) is 3.19. The Bertz CT molecular complexity index is 338. The number of nitrogens with one attached hydrogen (secondary N) is 1. The van der Waals surface area contributed by atoms with E-state index in [1.54, 1.807) is 6.20 Å². The number of hydrogen-bond donors (Lipinski definition) is 1. The van der Waals surface area contributed by atoms with Crippen LogP contribution in [-0.2, 0) is 11.2 Å². The Kier molecular flexibility index (Phi) is 8.69. The molecule has 19 heavy (non-hydrogen) atoms. The number of carbonyl (C=O) groups excluding carboxylic acids is 1. The predicted octanol–water partition coefficient (Wildman–Crippen LogP) is 3.49. The van der Waals surface area contributed by atoms with Gasteiger partial charge in [-0.1, -0.05) is 45.1 Å². The Morgan fingerprint density at radius 1 is 1.16 bits per heavy atom. The first kappa shape index (κ1) is 15.7. The molecule has 0 spiro atoms. The Morgan fingerprint density at radius 3 is 2.68 bits per heavy atom. The normalized spacial score (nSPS) is 10.4. The van der Waals surface area contributed by atoms with Crippen LogP contribution in [0.25, 0.3) is 0 Å². The van der Waals surface area contributed by atoms with Crippen LogP contribution in [0.5, 0.6) is 0 Å². The van der Waals surface area contributed by atoms with E-state index in [-0.39, 0.29) is 5.91 Å². The van der Waals surface area contributed by atoms with Crippen molar-refractivity contribution in [3.8, 4) is 0 Å². The van der Waals surface area contributed by atoms with E-state index in [4.69, 9.17) is 0 Å². The van der Waals surface area contributed by atoms with Gasteiger partial charge in [0.1, 0.15) is 0 Å². The minimum absolute atomic E-state index is 0.173. The molecule has 0 aliphatic carbocycles. The Labute approximate surface area is 116 Å². The lowest BCUT2D eigenvalue weighted by atomic mass is 10.1. The highest BCUT2D eigenvalue weighted by Crippen LogP contribution is 2.06. The van der Waals surface area contributed by atoms with Crippen molar-refractivity contribution in [1.29, 1.82) is 0 Å². The molecule has 0 unspecified atom stereocenters. The van der Waals surface area contributed by atoms with Gasteiger partial charge in [-0.3, -0.25) is 9.78 Å². The monoisotopic (exact) mass is 262 g/mol. The molecule has 0 saturated carbocycles. The van der Waals surface area contributed by atoms with Gasteiger partial charge >= 0.3 is 0 Å². The molecule has 1 aromatic rings. The van der Waals surface area contributed by atoms with Crippen molar-refractivity contribution >= 4 is 5.91 Å². The molecular weight excluding hydrogens is 236 g/mol. The topological polar surface area (TPSA) is 42.0 Å². The molecule has 0 atom stereocenters. The highest BCUT2D eigenvalue weighted by atomic mass is 16.1. The molecule has 0 radical (unpaired) electrons. The largest absolute Gasteiger partial charge is 0.356 e. The van der Waals surface area contributed by atoms with Crippen LogP contribution in [0.2, 0.25) is 0 Å². The van der Waals surface area contributed by atoms with Crippen LogP contribution in [0.1, 0.15) is 57.6 Å². The van der Waals surface area contributed by atoms with Gasteiger partial charge in [0.15, 0.2) is 0 Å². The van der Waals surface area contributed by atoms with Gasteiger partial charge in [0, 0.05) is 31.3 Å². The zero-order valence-electron chi connectivity index (χ0n) is 12.0. The highest BCUT2D eigenvalue weighted by Gasteiger charge is 2.01. The first-order chi connectivity index (χ1) is 9.33. The van der Waals surface area contributed by atoms with Crippen LogP contribution in [0, 0.1) is 0 Å². The van der Waals surface area contributed by atoms with Crippen molar-refractivity contribution in [3.05, 3.63) is 30.1 Å². The van der Waals surface area contributed by atoms with E-state index in [9.17, 15) is 4.79 Å². The zero-order valence-corrected chi connectivity index (χ0v) is 12.0. The zero-order chi connectivity index (χ0) is 13.8. The lowest BCUT2D eigenvalue weighted by molar-refractivity contribution is -0.121. The number of unbranched alkanes of at least 4 members (excludes halogenated alkanes) is 5. The van der Waals surface area contributed by atoms with Crippen LogP contribution in [0.15, 0.2) is 24.4 Å². The van der Waals surface area contributed by atoms with E-state index in [1.165, 1.54) is 32.1 Å². The summed E-state index contributed by atoms with van der Waals surface area (Å²) in [7, 11) is 0. The highest BCUT2D eigenvalue weighted by molar-refractivity contribution is 5.75. The van der Waals surface area contributed by atoms with Gasteiger partial charge in [-0.15, -0.1) is 0 Å². The molecule has 0 aliphatic rings. The molecule has 3 nitrogen and oxygen atoms in total. The number of carbonyl (C=O) groups is 1. The molecule has 1 rings (SSSR count). The molecule has 0 aliphatic heterocycles. The number of aromatic nitrogens is 1. The first-order valence-corrected chi connectivity index (χ1v) is 7.49. The van der Waals surface area contributed by atoms with Gasteiger partial charge in [-0.2, -0.15) is 0 Å². The van der Waals surface area contributed by atoms with Crippen molar-refractivity contribution in [3.63, 3.8) is 0 Å². The standard InChI is InChI=1S/C16H26N2O/c1-2-3-4-5-6-7-11-16(19)18-14-12-15-10-8-9-13-17-15/h8-10,13H,2-7,11-12,14H2,1H3,(H,18,19). The molecule has 0 bridgehead atoms. The third-order valence-corrected chi connectivity index (χ3v) is 3.19. The second-order valence-corrected chi connectivity index (χ2v) is 4.94. The van der Waals surface area contributed by atoms with E-state index in [0.29, 0.717) is 13.0 Å². The maximum Gasteiger partial charge on any atom is 0.220 e. The van der Waals surface area contributed by atoms with E-state index in [2.05, 4.69) is 17.2 Å². The van der Waals surface area contributed by atoms with E-state index >= 15 is 0 Å². The fourth-order valence-electron chi connectivity index (χ4n) is 2.03. The van der Waals surface area contributed by atoms with Crippen LogP contribution in [-0.4, -0.2) is 17.4 Å². The molecule has 0 aromatic carbocycles. The number of nitrogens with zero attached hydrogens (tertiary/aromatic N) is 1. The minimum atomic E-state index is 0.173. The van der Waals surface area contributed by atoms with E-state index in [1.807, 2.05) is 18.2 Å². The number of pyridine rings is 1. The third kappa shape index (κ3) is 8.36.